The van der Waals surface area contributed by atoms with Crippen molar-refractivity contribution in [1.82, 2.24) is 5.32 Å². The zero-order valence-electron chi connectivity index (χ0n) is 15.0. The smallest absolute Gasteiger partial charge is 0.131 e. The van der Waals surface area contributed by atoms with Crippen LogP contribution in [-0.2, 0) is 6.54 Å². The number of benzene rings is 1. The van der Waals surface area contributed by atoms with E-state index in [2.05, 4.69) is 12.2 Å². The van der Waals surface area contributed by atoms with Gasteiger partial charge in [0.15, 0.2) is 0 Å². The van der Waals surface area contributed by atoms with E-state index in [1.165, 1.54) is 0 Å². The number of hydrogen-bond acceptors (Lipinski definition) is 4. The number of hydrogen-bond donors (Lipinski definition) is 1. The first-order valence-electron chi connectivity index (χ1n) is 8.21. The molecule has 0 aliphatic heterocycles. The Morgan fingerprint density at radius 1 is 0.818 bits per heavy atom. The van der Waals surface area contributed by atoms with Gasteiger partial charge in [0, 0.05) is 18.7 Å². The van der Waals surface area contributed by atoms with Crippen molar-refractivity contribution in [2.24, 2.45) is 0 Å². The highest BCUT2D eigenvalue weighted by Gasteiger charge is 2.16. The van der Waals surface area contributed by atoms with E-state index < -0.39 is 0 Å². The van der Waals surface area contributed by atoms with Crippen LogP contribution in [0.3, 0.4) is 0 Å². The van der Waals surface area contributed by atoms with Gasteiger partial charge >= 0.3 is 0 Å². The summed E-state index contributed by atoms with van der Waals surface area (Å²) in [6.07, 6.45) is 0.307. The highest BCUT2D eigenvalue weighted by molar-refractivity contribution is 5.51. The van der Waals surface area contributed by atoms with Crippen molar-refractivity contribution >= 4 is 0 Å². The molecule has 0 bridgehead atoms. The molecule has 0 aliphatic carbocycles. The van der Waals surface area contributed by atoms with Crippen molar-refractivity contribution in [2.75, 3.05) is 6.54 Å². The minimum atomic E-state index is 0.0987. The first-order chi connectivity index (χ1) is 10.3. The van der Waals surface area contributed by atoms with Crippen LogP contribution in [0.15, 0.2) is 12.1 Å². The van der Waals surface area contributed by atoms with Gasteiger partial charge in [-0.1, -0.05) is 6.92 Å². The van der Waals surface area contributed by atoms with Gasteiger partial charge in [0.25, 0.3) is 0 Å². The largest absolute Gasteiger partial charge is 0.491 e. The van der Waals surface area contributed by atoms with Crippen LogP contribution in [-0.4, -0.2) is 24.9 Å². The minimum Gasteiger partial charge on any atom is -0.491 e. The molecule has 1 rings (SSSR count). The Morgan fingerprint density at radius 3 is 1.64 bits per heavy atom. The molecule has 0 aliphatic rings. The van der Waals surface area contributed by atoms with Gasteiger partial charge in [-0.05, 0) is 48.1 Å². The Bertz CT molecular complexity index is 425. The molecule has 126 valence electrons. The Balaban J connectivity index is 3.25. The van der Waals surface area contributed by atoms with Gasteiger partial charge in [-0.25, -0.2) is 0 Å². The molecule has 1 aromatic rings. The summed E-state index contributed by atoms with van der Waals surface area (Å²) in [5.41, 5.74) is 1.04. The second kappa shape index (κ2) is 8.89. The van der Waals surface area contributed by atoms with Crippen LogP contribution in [0.5, 0.6) is 17.2 Å². The van der Waals surface area contributed by atoms with Gasteiger partial charge in [0.05, 0.1) is 23.9 Å². The summed E-state index contributed by atoms with van der Waals surface area (Å²) in [6.45, 7) is 15.8. The van der Waals surface area contributed by atoms with Crippen LogP contribution < -0.4 is 19.5 Å². The molecule has 0 amide bonds. The molecule has 4 nitrogen and oxygen atoms in total. The molecule has 0 aromatic heterocycles. The van der Waals surface area contributed by atoms with E-state index in [0.717, 1.165) is 29.4 Å². The van der Waals surface area contributed by atoms with Gasteiger partial charge in [0.1, 0.15) is 17.2 Å². The monoisotopic (exact) mass is 309 g/mol. The average Bonchev–Trinajstić information content (AvgIpc) is 2.35. The summed E-state index contributed by atoms with van der Waals surface area (Å²) in [7, 11) is 0. The third-order valence-electron chi connectivity index (χ3n) is 2.79. The van der Waals surface area contributed by atoms with Crippen LogP contribution in [0.1, 0.15) is 54.0 Å². The third kappa shape index (κ3) is 6.14. The van der Waals surface area contributed by atoms with E-state index >= 15 is 0 Å². The molecule has 4 heteroatoms. The molecule has 22 heavy (non-hydrogen) atoms. The van der Waals surface area contributed by atoms with Crippen LogP contribution >= 0.6 is 0 Å². The molecule has 0 spiro atoms. The molecule has 0 radical (unpaired) electrons. The van der Waals surface area contributed by atoms with E-state index in [1.54, 1.807) is 0 Å². The topological polar surface area (TPSA) is 39.7 Å². The van der Waals surface area contributed by atoms with E-state index in [9.17, 15) is 0 Å². The first kappa shape index (κ1) is 18.6. The number of nitrogens with one attached hydrogen (secondary N) is 1. The normalized spacial score (nSPS) is 11.4. The Kier molecular flexibility index (Phi) is 7.52. The summed E-state index contributed by atoms with van der Waals surface area (Å²) in [6, 6.07) is 3.92. The Labute approximate surface area is 135 Å². The first-order valence-corrected chi connectivity index (χ1v) is 8.21. The van der Waals surface area contributed by atoms with E-state index in [4.69, 9.17) is 14.2 Å². The van der Waals surface area contributed by atoms with Crippen LogP contribution in [0.4, 0.5) is 0 Å². The van der Waals surface area contributed by atoms with Crippen LogP contribution in [0, 0.1) is 0 Å². The molecule has 0 heterocycles. The summed E-state index contributed by atoms with van der Waals surface area (Å²) >= 11 is 0. The van der Waals surface area contributed by atoms with Crippen molar-refractivity contribution in [2.45, 2.75) is 73.3 Å². The van der Waals surface area contributed by atoms with Gasteiger partial charge < -0.3 is 19.5 Å². The predicted molar refractivity (Wildman–Crippen MR) is 91.1 cm³/mol. The fraction of sp³-hybridized carbons (Fsp3) is 0.667. The van der Waals surface area contributed by atoms with Crippen molar-refractivity contribution in [3.63, 3.8) is 0 Å². The zero-order chi connectivity index (χ0) is 16.7. The van der Waals surface area contributed by atoms with Gasteiger partial charge in [-0.2, -0.15) is 0 Å². The lowest BCUT2D eigenvalue weighted by molar-refractivity contribution is 0.212. The molecular formula is C18H31NO3. The van der Waals surface area contributed by atoms with Crippen molar-refractivity contribution in [3.8, 4) is 17.2 Å². The fourth-order valence-corrected chi connectivity index (χ4v) is 2.08. The van der Waals surface area contributed by atoms with Crippen molar-refractivity contribution in [1.29, 1.82) is 0 Å². The molecule has 0 unspecified atom stereocenters. The second-order valence-electron chi connectivity index (χ2n) is 6.18. The highest BCUT2D eigenvalue weighted by Crippen LogP contribution is 2.36. The SMILES string of the molecule is CCNCc1c(OC(C)C)cc(OC(C)C)cc1OC(C)C. The Hall–Kier alpha value is -1.42. The van der Waals surface area contributed by atoms with Gasteiger partial charge in [-0.3, -0.25) is 0 Å². The van der Waals surface area contributed by atoms with Crippen molar-refractivity contribution < 1.29 is 14.2 Å². The lowest BCUT2D eigenvalue weighted by Gasteiger charge is -2.22. The molecule has 1 aromatic carbocycles. The maximum absolute atomic E-state index is 5.99. The van der Waals surface area contributed by atoms with E-state index in [0.29, 0.717) is 6.54 Å². The lowest BCUT2D eigenvalue weighted by atomic mass is 10.1. The third-order valence-corrected chi connectivity index (χ3v) is 2.79. The predicted octanol–water partition coefficient (Wildman–Crippen LogP) is 4.16. The summed E-state index contributed by atoms with van der Waals surface area (Å²) in [5, 5.41) is 3.35. The summed E-state index contributed by atoms with van der Waals surface area (Å²) in [5.74, 6) is 2.43. The average molecular weight is 309 g/mol. The molecule has 0 fully saturated rings. The molecular weight excluding hydrogens is 278 g/mol. The summed E-state index contributed by atoms with van der Waals surface area (Å²) in [4.78, 5) is 0. The maximum Gasteiger partial charge on any atom is 0.131 e. The summed E-state index contributed by atoms with van der Waals surface area (Å²) < 4.78 is 17.8. The van der Waals surface area contributed by atoms with E-state index in [1.807, 2.05) is 53.7 Å². The number of rotatable bonds is 9. The second-order valence-corrected chi connectivity index (χ2v) is 6.18. The quantitative estimate of drug-likeness (QED) is 0.743. The lowest BCUT2D eigenvalue weighted by Crippen LogP contribution is -2.18. The highest BCUT2D eigenvalue weighted by atomic mass is 16.5. The minimum absolute atomic E-state index is 0.0987. The molecule has 0 saturated heterocycles. The van der Waals surface area contributed by atoms with Crippen LogP contribution in [0.25, 0.3) is 0 Å². The zero-order valence-corrected chi connectivity index (χ0v) is 15.0. The van der Waals surface area contributed by atoms with Crippen LogP contribution in [0.2, 0.25) is 0 Å². The standard InChI is InChI=1S/C18H31NO3/c1-8-19-11-16-17(21-13(4)5)9-15(20-12(2)3)10-18(16)22-14(6)7/h9-10,12-14,19H,8,11H2,1-7H3. The van der Waals surface area contributed by atoms with E-state index in [-0.39, 0.29) is 18.3 Å². The van der Waals surface area contributed by atoms with Gasteiger partial charge in [-0.15, -0.1) is 0 Å². The Morgan fingerprint density at radius 2 is 1.27 bits per heavy atom. The molecule has 0 saturated carbocycles. The fourth-order valence-electron chi connectivity index (χ4n) is 2.08. The van der Waals surface area contributed by atoms with Gasteiger partial charge in [0.2, 0.25) is 0 Å². The molecule has 0 atom stereocenters. The molecule has 1 N–H and O–H groups in total. The maximum atomic E-state index is 5.99. The number of ether oxygens (including phenoxy) is 3. The van der Waals surface area contributed by atoms with Crippen molar-refractivity contribution in [3.05, 3.63) is 17.7 Å².